The highest BCUT2D eigenvalue weighted by atomic mass is 15.0. The Bertz CT molecular complexity index is 394. The lowest BCUT2D eigenvalue weighted by atomic mass is 9.81. The summed E-state index contributed by atoms with van der Waals surface area (Å²) in [6, 6.07) is 7.60. The van der Waals surface area contributed by atoms with Crippen LogP contribution in [0.3, 0.4) is 0 Å². The van der Waals surface area contributed by atoms with E-state index >= 15 is 0 Å². The molecule has 1 unspecified atom stereocenters. The quantitative estimate of drug-likeness (QED) is 0.792. The molecule has 0 aliphatic carbocycles. The Labute approximate surface area is 98.4 Å². The van der Waals surface area contributed by atoms with Crippen molar-refractivity contribution >= 4 is 11.4 Å². The second kappa shape index (κ2) is 3.69. The summed E-state index contributed by atoms with van der Waals surface area (Å²) in [6.45, 7) is 11.2. The molecular formula is C14H22N2. The molecule has 0 aromatic heterocycles. The van der Waals surface area contributed by atoms with Gasteiger partial charge in [0.15, 0.2) is 0 Å². The molecule has 0 saturated carbocycles. The Kier molecular flexibility index (Phi) is 2.61. The summed E-state index contributed by atoms with van der Waals surface area (Å²) in [5, 5.41) is 7.00. The van der Waals surface area contributed by atoms with Crippen LogP contribution in [0.15, 0.2) is 18.2 Å². The van der Waals surface area contributed by atoms with Crippen molar-refractivity contribution in [2.75, 3.05) is 10.6 Å². The third-order valence-corrected chi connectivity index (χ3v) is 3.62. The van der Waals surface area contributed by atoms with Gasteiger partial charge in [-0.25, -0.2) is 0 Å². The van der Waals surface area contributed by atoms with E-state index in [4.69, 9.17) is 0 Å². The maximum Gasteiger partial charge on any atom is 0.0382 e. The molecule has 0 spiro atoms. The van der Waals surface area contributed by atoms with Gasteiger partial charge in [0.05, 0.1) is 0 Å². The van der Waals surface area contributed by atoms with Gasteiger partial charge in [0.25, 0.3) is 0 Å². The van der Waals surface area contributed by atoms with Crippen LogP contribution in [0.1, 0.15) is 40.2 Å². The molecule has 2 heteroatoms. The van der Waals surface area contributed by atoms with Crippen LogP contribution in [0.4, 0.5) is 11.4 Å². The first-order valence-electron chi connectivity index (χ1n) is 6.09. The minimum absolute atomic E-state index is 0.212. The first-order chi connectivity index (χ1) is 7.41. The van der Waals surface area contributed by atoms with Gasteiger partial charge in [-0.3, -0.25) is 0 Å². The van der Waals surface area contributed by atoms with Crippen molar-refractivity contribution in [1.29, 1.82) is 0 Å². The number of hydrogen-bond acceptors (Lipinski definition) is 2. The molecule has 1 aliphatic rings. The third-order valence-electron chi connectivity index (χ3n) is 3.62. The maximum atomic E-state index is 3.54. The Morgan fingerprint density at radius 2 is 2.00 bits per heavy atom. The Morgan fingerprint density at radius 1 is 1.31 bits per heavy atom. The maximum absolute atomic E-state index is 3.54. The van der Waals surface area contributed by atoms with Crippen LogP contribution >= 0.6 is 0 Å². The summed E-state index contributed by atoms with van der Waals surface area (Å²) in [6.07, 6.45) is 0. The van der Waals surface area contributed by atoms with Crippen LogP contribution in [0.5, 0.6) is 0 Å². The topological polar surface area (TPSA) is 24.1 Å². The Hall–Kier alpha value is -1.18. The fourth-order valence-electron chi connectivity index (χ4n) is 2.27. The third kappa shape index (κ3) is 1.77. The minimum Gasteiger partial charge on any atom is -0.383 e. The molecule has 2 N–H and O–H groups in total. The summed E-state index contributed by atoms with van der Waals surface area (Å²) < 4.78 is 0. The Morgan fingerprint density at radius 3 is 2.62 bits per heavy atom. The number of benzene rings is 1. The summed E-state index contributed by atoms with van der Waals surface area (Å²) in [7, 11) is 0. The molecule has 1 heterocycles. The van der Waals surface area contributed by atoms with Gasteiger partial charge in [-0.1, -0.05) is 13.8 Å². The molecule has 1 aromatic carbocycles. The first kappa shape index (κ1) is 11.3. The van der Waals surface area contributed by atoms with E-state index < -0.39 is 0 Å². The van der Waals surface area contributed by atoms with Crippen molar-refractivity contribution in [2.45, 2.75) is 52.1 Å². The van der Waals surface area contributed by atoms with E-state index in [9.17, 15) is 0 Å². The minimum atomic E-state index is 0.212. The lowest BCUT2D eigenvalue weighted by Gasteiger charge is -2.24. The highest BCUT2D eigenvalue weighted by molar-refractivity contribution is 5.66. The van der Waals surface area contributed by atoms with Crippen molar-refractivity contribution in [3.05, 3.63) is 23.8 Å². The molecule has 2 rings (SSSR count). The predicted octanol–water partition coefficient (Wildman–Crippen LogP) is 3.60. The highest BCUT2D eigenvalue weighted by Gasteiger charge is 2.36. The number of rotatable bonds is 2. The van der Waals surface area contributed by atoms with Gasteiger partial charge < -0.3 is 10.6 Å². The molecular weight excluding hydrogens is 196 g/mol. The van der Waals surface area contributed by atoms with Crippen molar-refractivity contribution < 1.29 is 0 Å². The normalized spacial score (nSPS) is 21.8. The molecule has 1 aromatic rings. The van der Waals surface area contributed by atoms with E-state index in [1.165, 1.54) is 16.9 Å². The average molecular weight is 218 g/mol. The fourth-order valence-corrected chi connectivity index (χ4v) is 2.27. The van der Waals surface area contributed by atoms with Crippen LogP contribution in [0.2, 0.25) is 0 Å². The molecule has 0 amide bonds. The zero-order valence-corrected chi connectivity index (χ0v) is 10.9. The molecule has 16 heavy (non-hydrogen) atoms. The molecule has 0 fully saturated rings. The van der Waals surface area contributed by atoms with Crippen LogP contribution < -0.4 is 10.6 Å². The monoisotopic (exact) mass is 218 g/mol. The number of nitrogens with one attached hydrogen (secondary N) is 2. The van der Waals surface area contributed by atoms with Crippen LogP contribution in [0, 0.1) is 0 Å². The first-order valence-corrected chi connectivity index (χ1v) is 6.09. The van der Waals surface area contributed by atoms with Gasteiger partial charge in [0.1, 0.15) is 0 Å². The lowest BCUT2D eigenvalue weighted by Crippen LogP contribution is -2.29. The van der Waals surface area contributed by atoms with Gasteiger partial charge >= 0.3 is 0 Å². The fraction of sp³-hybridized carbons (Fsp3) is 0.571. The molecule has 1 aliphatic heterocycles. The van der Waals surface area contributed by atoms with Gasteiger partial charge in [-0.2, -0.15) is 0 Å². The summed E-state index contributed by atoms with van der Waals surface area (Å²) >= 11 is 0. The van der Waals surface area contributed by atoms with Gasteiger partial charge in [-0.15, -0.1) is 0 Å². The van der Waals surface area contributed by atoms with Crippen molar-refractivity contribution in [1.82, 2.24) is 0 Å². The summed E-state index contributed by atoms with van der Waals surface area (Å²) in [5.74, 6) is 0. The van der Waals surface area contributed by atoms with E-state index in [2.05, 4.69) is 63.5 Å². The van der Waals surface area contributed by atoms with Crippen LogP contribution in [-0.2, 0) is 5.41 Å². The average Bonchev–Trinajstić information content (AvgIpc) is 2.39. The van der Waals surface area contributed by atoms with Crippen LogP contribution in [-0.4, -0.2) is 12.1 Å². The second-order valence-electron chi connectivity index (χ2n) is 5.65. The smallest absolute Gasteiger partial charge is 0.0382 e. The van der Waals surface area contributed by atoms with Gasteiger partial charge in [-0.05, 0) is 44.5 Å². The van der Waals surface area contributed by atoms with E-state index in [0.29, 0.717) is 12.1 Å². The lowest BCUT2D eigenvalue weighted by molar-refractivity contribution is 0.486. The summed E-state index contributed by atoms with van der Waals surface area (Å²) in [5.41, 5.74) is 4.14. The van der Waals surface area contributed by atoms with E-state index in [0.717, 1.165) is 0 Å². The predicted molar refractivity (Wildman–Crippen MR) is 71.3 cm³/mol. The van der Waals surface area contributed by atoms with E-state index in [1.54, 1.807) is 0 Å². The van der Waals surface area contributed by atoms with E-state index in [-0.39, 0.29) is 5.41 Å². The largest absolute Gasteiger partial charge is 0.383 e. The standard InChI is InChI=1S/C14H22N2/c1-9(2)15-11-6-7-13-12(8-11)14(4,5)10(3)16-13/h6-10,15-16H,1-5H3. The number of fused-ring (bicyclic) bond motifs is 1. The van der Waals surface area contributed by atoms with Gasteiger partial charge in [0.2, 0.25) is 0 Å². The molecule has 2 nitrogen and oxygen atoms in total. The Balaban J connectivity index is 2.36. The number of hydrogen-bond donors (Lipinski definition) is 2. The highest BCUT2D eigenvalue weighted by Crippen LogP contribution is 2.41. The van der Waals surface area contributed by atoms with Gasteiger partial charge in [0, 0.05) is 28.9 Å². The molecule has 0 radical (unpaired) electrons. The van der Waals surface area contributed by atoms with Crippen molar-refractivity contribution in [2.24, 2.45) is 0 Å². The molecule has 0 bridgehead atoms. The SMILES string of the molecule is CC(C)Nc1ccc2c(c1)C(C)(C)C(C)N2. The zero-order chi connectivity index (χ0) is 11.9. The molecule has 1 atom stereocenters. The van der Waals surface area contributed by atoms with Crippen molar-refractivity contribution in [3.63, 3.8) is 0 Å². The van der Waals surface area contributed by atoms with E-state index in [1.807, 2.05) is 0 Å². The molecule has 0 saturated heterocycles. The molecule has 88 valence electrons. The summed E-state index contributed by atoms with van der Waals surface area (Å²) in [4.78, 5) is 0. The van der Waals surface area contributed by atoms with Crippen LogP contribution in [0.25, 0.3) is 0 Å². The van der Waals surface area contributed by atoms with Crippen molar-refractivity contribution in [3.8, 4) is 0 Å². The second-order valence-corrected chi connectivity index (χ2v) is 5.65. The number of anilines is 2. The zero-order valence-electron chi connectivity index (χ0n) is 10.9.